The van der Waals surface area contributed by atoms with Crippen molar-refractivity contribution in [1.82, 2.24) is 9.03 Å². The Kier molecular flexibility index (Phi) is 6.63. The van der Waals surface area contributed by atoms with E-state index < -0.39 is 39.1 Å². The van der Waals surface area contributed by atoms with Crippen LogP contribution in [0.4, 0.5) is 8.78 Å². The number of carbonyl (C=O) groups excluding carboxylic acids is 1. The van der Waals surface area contributed by atoms with E-state index >= 15 is 0 Å². The van der Waals surface area contributed by atoms with Crippen LogP contribution in [0.2, 0.25) is 10.0 Å². The molecule has 0 fully saturated rings. The van der Waals surface area contributed by atoms with E-state index in [4.69, 9.17) is 27.9 Å². The number of rotatable bonds is 6. The fourth-order valence-corrected chi connectivity index (χ4v) is 2.71. The predicted octanol–water partition coefficient (Wildman–Crippen LogP) is 3.39. The zero-order valence-electron chi connectivity index (χ0n) is 14.1. The van der Waals surface area contributed by atoms with Gasteiger partial charge in [-0.2, -0.15) is 12.7 Å². The summed E-state index contributed by atoms with van der Waals surface area (Å²) in [5.74, 6) is -3.95. The minimum atomic E-state index is -4.15. The number of ether oxygens (including phenoxy) is 1. The molecule has 0 atom stereocenters. The van der Waals surface area contributed by atoms with Crippen molar-refractivity contribution in [3.63, 3.8) is 0 Å². The van der Waals surface area contributed by atoms with Gasteiger partial charge in [0.1, 0.15) is 12.4 Å². The number of hydrogen-bond acceptors (Lipinski definition) is 4. The molecule has 2 aromatic rings. The normalized spacial score (nSPS) is 11.5. The third kappa shape index (κ3) is 5.29. The van der Waals surface area contributed by atoms with Gasteiger partial charge in [0.2, 0.25) is 0 Å². The maximum Gasteiger partial charge on any atom is 0.303 e. The first-order valence-corrected chi connectivity index (χ1v) is 9.51. The van der Waals surface area contributed by atoms with Crippen LogP contribution in [-0.2, 0) is 16.8 Å². The Balaban J connectivity index is 2.18. The molecule has 0 aromatic heterocycles. The Morgan fingerprint density at radius 1 is 1.11 bits per heavy atom. The Morgan fingerprint density at radius 2 is 1.78 bits per heavy atom. The summed E-state index contributed by atoms with van der Waals surface area (Å²) in [4.78, 5) is 11.9. The SMILES string of the molecule is CN(C)S(=O)(=O)NC(=O)c1cc(F)c(OCc2ccc(Cl)c(Cl)c2)cc1F. The van der Waals surface area contributed by atoms with Gasteiger partial charge in [0.15, 0.2) is 11.6 Å². The van der Waals surface area contributed by atoms with Crippen LogP contribution in [0.3, 0.4) is 0 Å². The molecule has 0 saturated heterocycles. The van der Waals surface area contributed by atoms with Crippen molar-refractivity contribution in [3.05, 3.63) is 63.1 Å². The van der Waals surface area contributed by atoms with Crippen LogP contribution in [0.25, 0.3) is 0 Å². The molecule has 0 saturated carbocycles. The Bertz CT molecular complexity index is 985. The van der Waals surface area contributed by atoms with Crippen molar-refractivity contribution in [1.29, 1.82) is 0 Å². The first kappa shape index (κ1) is 21.4. The number of hydrogen-bond donors (Lipinski definition) is 1. The second-order valence-corrected chi connectivity index (χ2v) is 8.22. The molecule has 146 valence electrons. The van der Waals surface area contributed by atoms with Crippen molar-refractivity contribution in [3.8, 4) is 5.75 Å². The number of carbonyl (C=O) groups is 1. The lowest BCUT2D eigenvalue weighted by Crippen LogP contribution is -2.39. The van der Waals surface area contributed by atoms with Crippen LogP contribution in [0.15, 0.2) is 30.3 Å². The molecule has 2 rings (SSSR count). The summed E-state index contributed by atoms with van der Waals surface area (Å²) in [6, 6.07) is 5.84. The van der Waals surface area contributed by atoms with Gasteiger partial charge >= 0.3 is 10.2 Å². The Labute approximate surface area is 164 Å². The third-order valence-corrected chi connectivity index (χ3v) is 5.49. The highest BCUT2D eigenvalue weighted by atomic mass is 35.5. The summed E-state index contributed by atoms with van der Waals surface area (Å²) in [7, 11) is -1.80. The lowest BCUT2D eigenvalue weighted by molar-refractivity contribution is 0.0975. The minimum absolute atomic E-state index is 0.131. The second-order valence-electron chi connectivity index (χ2n) is 5.52. The van der Waals surface area contributed by atoms with Gasteiger partial charge < -0.3 is 4.74 Å². The summed E-state index contributed by atoms with van der Waals surface area (Å²) in [5, 5.41) is 0.610. The highest BCUT2D eigenvalue weighted by molar-refractivity contribution is 7.87. The quantitative estimate of drug-likeness (QED) is 0.749. The maximum absolute atomic E-state index is 14.1. The van der Waals surface area contributed by atoms with E-state index in [-0.39, 0.29) is 11.6 Å². The van der Waals surface area contributed by atoms with Crippen molar-refractivity contribution in [2.75, 3.05) is 14.1 Å². The van der Waals surface area contributed by atoms with Crippen LogP contribution in [-0.4, -0.2) is 32.7 Å². The number of nitrogens with zero attached hydrogens (tertiary/aromatic N) is 1. The van der Waals surface area contributed by atoms with Gasteiger partial charge in [-0.3, -0.25) is 4.79 Å². The first-order valence-electron chi connectivity index (χ1n) is 7.31. The zero-order chi connectivity index (χ0) is 20.4. The standard InChI is InChI=1S/C16H14Cl2F2N2O4S/c1-22(2)27(24,25)21-16(23)10-6-14(20)15(7-13(10)19)26-8-9-3-4-11(17)12(18)5-9/h3-7H,8H2,1-2H3,(H,21,23). The highest BCUT2D eigenvalue weighted by Gasteiger charge is 2.23. The number of halogens is 4. The van der Waals surface area contributed by atoms with Gasteiger partial charge in [0.25, 0.3) is 5.91 Å². The zero-order valence-corrected chi connectivity index (χ0v) is 16.4. The van der Waals surface area contributed by atoms with Crippen LogP contribution in [0.5, 0.6) is 5.75 Å². The molecule has 1 amide bonds. The van der Waals surface area contributed by atoms with E-state index in [2.05, 4.69) is 0 Å². The van der Waals surface area contributed by atoms with Gasteiger partial charge in [0.05, 0.1) is 15.6 Å². The topological polar surface area (TPSA) is 75.7 Å². The fraction of sp³-hybridized carbons (Fsp3) is 0.188. The third-order valence-electron chi connectivity index (χ3n) is 3.35. The average molecular weight is 439 g/mol. The molecule has 6 nitrogen and oxygen atoms in total. The lowest BCUT2D eigenvalue weighted by Gasteiger charge is -2.13. The van der Waals surface area contributed by atoms with Gasteiger partial charge in [-0.1, -0.05) is 29.3 Å². The molecule has 0 aliphatic rings. The highest BCUT2D eigenvalue weighted by Crippen LogP contribution is 2.25. The van der Waals surface area contributed by atoms with Gasteiger partial charge in [-0.15, -0.1) is 0 Å². The second kappa shape index (κ2) is 8.39. The number of nitrogens with one attached hydrogen (secondary N) is 1. The first-order chi connectivity index (χ1) is 12.5. The molecule has 0 radical (unpaired) electrons. The van der Waals surface area contributed by atoms with Gasteiger partial charge in [-0.25, -0.2) is 13.5 Å². The largest absolute Gasteiger partial charge is 0.486 e. The van der Waals surface area contributed by atoms with E-state index in [1.165, 1.54) is 26.2 Å². The van der Waals surface area contributed by atoms with Gasteiger partial charge in [-0.05, 0) is 23.8 Å². The molecule has 0 aliphatic carbocycles. The summed E-state index contributed by atoms with van der Waals surface area (Å²) in [5.41, 5.74) is -0.220. The van der Waals surface area contributed by atoms with Crippen molar-refractivity contribution >= 4 is 39.3 Å². The predicted molar refractivity (Wildman–Crippen MR) is 97.2 cm³/mol. The molecule has 11 heteroatoms. The van der Waals surface area contributed by atoms with Crippen LogP contribution in [0.1, 0.15) is 15.9 Å². The average Bonchev–Trinajstić information content (AvgIpc) is 2.57. The lowest BCUT2D eigenvalue weighted by atomic mass is 10.2. The molecule has 0 spiro atoms. The van der Waals surface area contributed by atoms with Crippen LogP contribution in [0, 0.1) is 11.6 Å². The molecule has 0 bridgehead atoms. The summed E-state index contributed by atoms with van der Waals surface area (Å²) >= 11 is 11.7. The van der Waals surface area contributed by atoms with E-state index in [9.17, 15) is 22.0 Å². The van der Waals surface area contributed by atoms with Gasteiger partial charge in [0, 0.05) is 20.2 Å². The van der Waals surface area contributed by atoms with Crippen molar-refractivity contribution < 1.29 is 26.7 Å². The number of amides is 1. The molecule has 27 heavy (non-hydrogen) atoms. The molecule has 2 aromatic carbocycles. The number of benzene rings is 2. The summed E-state index contributed by atoms with van der Waals surface area (Å²) < 4.78 is 59.1. The molecule has 0 unspecified atom stereocenters. The molecule has 1 N–H and O–H groups in total. The van der Waals surface area contributed by atoms with E-state index in [1.807, 2.05) is 0 Å². The molecular formula is C16H14Cl2F2N2O4S. The Hall–Kier alpha value is -1.94. The van der Waals surface area contributed by atoms with Crippen molar-refractivity contribution in [2.24, 2.45) is 0 Å². The van der Waals surface area contributed by atoms with Crippen molar-refractivity contribution in [2.45, 2.75) is 6.61 Å². The molecular weight excluding hydrogens is 425 g/mol. The monoisotopic (exact) mass is 438 g/mol. The molecule has 0 aliphatic heterocycles. The van der Waals surface area contributed by atoms with E-state index in [0.29, 0.717) is 27.0 Å². The Morgan fingerprint density at radius 3 is 2.37 bits per heavy atom. The summed E-state index contributed by atoms with van der Waals surface area (Å²) in [6.45, 7) is -0.131. The smallest absolute Gasteiger partial charge is 0.303 e. The minimum Gasteiger partial charge on any atom is -0.486 e. The molecule has 0 heterocycles. The summed E-state index contributed by atoms with van der Waals surface area (Å²) in [6.07, 6.45) is 0. The maximum atomic E-state index is 14.1. The van der Waals surface area contributed by atoms with E-state index in [0.717, 1.165) is 0 Å². The fourth-order valence-electron chi connectivity index (χ4n) is 1.87. The van der Waals surface area contributed by atoms with Crippen LogP contribution < -0.4 is 9.46 Å². The van der Waals surface area contributed by atoms with Crippen LogP contribution >= 0.6 is 23.2 Å². The van der Waals surface area contributed by atoms with E-state index in [1.54, 1.807) is 10.8 Å².